The van der Waals surface area contributed by atoms with Crippen LogP contribution >= 0.6 is 34.7 Å². The van der Waals surface area contributed by atoms with Gasteiger partial charge >= 0.3 is 11.9 Å². The molecule has 15 heteroatoms. The number of amides is 2. The molecule has 3 aromatic rings. The molecule has 2 amide bonds. The number of ether oxygens (including phenoxy) is 1. The van der Waals surface area contributed by atoms with Crippen molar-refractivity contribution < 1.29 is 27.5 Å². The van der Waals surface area contributed by atoms with E-state index in [4.69, 9.17) is 22.1 Å². The van der Waals surface area contributed by atoms with Gasteiger partial charge in [0.15, 0.2) is 0 Å². The van der Waals surface area contributed by atoms with Gasteiger partial charge in [-0.05, 0) is 32.1 Å². The Morgan fingerprint density at radius 1 is 1.24 bits per heavy atom. The fourth-order valence-corrected chi connectivity index (χ4v) is 8.11. The molecule has 5 rings (SSSR count). The maximum absolute atomic E-state index is 14.8. The van der Waals surface area contributed by atoms with Crippen LogP contribution in [0.3, 0.4) is 0 Å². The third-order valence-electron chi connectivity index (χ3n) is 7.23. The van der Waals surface area contributed by atoms with Crippen molar-refractivity contribution in [1.29, 1.82) is 0 Å². The highest BCUT2D eigenvalue weighted by Crippen LogP contribution is 2.50. The summed E-state index contributed by atoms with van der Waals surface area (Å²) in [5.74, 6) is -0.704. The van der Waals surface area contributed by atoms with E-state index < -0.39 is 36.0 Å². The molecule has 0 bridgehead atoms. The fourth-order valence-electron chi connectivity index (χ4n) is 5.63. The van der Waals surface area contributed by atoms with Gasteiger partial charge in [0.2, 0.25) is 11.8 Å². The lowest BCUT2D eigenvalue weighted by molar-refractivity contribution is -0.137. The number of carbonyl (C=O) groups excluding carboxylic acids is 2. The molecule has 2 aromatic heterocycles. The number of thioether (sulfide) groups is 1. The molecule has 224 valence electrons. The van der Waals surface area contributed by atoms with E-state index in [2.05, 4.69) is 11.6 Å². The van der Waals surface area contributed by atoms with Crippen LogP contribution in [0.5, 0.6) is 0 Å². The standard InChI is InChI=1S/C27H27ClF3N5O4S2/c1-4-21(38)36-13(2)7-34(8-14(36)3)25-17-6-18(27(29,30)31)22(19-5-15(28)11-41-19)24-23(17)35(26(39)33-25)9-16(12-42-24)40-10-20(32)37/h4-6,11,13-14,16H,1,7-10,12H2,2-3H3,(H2,32,37)/t13-,14+,16?. The van der Waals surface area contributed by atoms with Crippen molar-refractivity contribution in [3.63, 3.8) is 0 Å². The van der Waals surface area contributed by atoms with Gasteiger partial charge in [-0.3, -0.25) is 14.2 Å². The van der Waals surface area contributed by atoms with Gasteiger partial charge in [0.1, 0.15) is 12.4 Å². The molecular weight excluding hydrogens is 615 g/mol. The third-order valence-corrected chi connectivity index (χ3v) is 9.75. The zero-order valence-electron chi connectivity index (χ0n) is 22.6. The van der Waals surface area contributed by atoms with E-state index in [0.717, 1.165) is 29.2 Å². The Labute approximate surface area is 252 Å². The van der Waals surface area contributed by atoms with Crippen molar-refractivity contribution in [2.24, 2.45) is 5.73 Å². The summed E-state index contributed by atoms with van der Waals surface area (Å²) < 4.78 is 51.3. The highest BCUT2D eigenvalue weighted by molar-refractivity contribution is 7.99. The summed E-state index contributed by atoms with van der Waals surface area (Å²) in [4.78, 5) is 45.7. The van der Waals surface area contributed by atoms with Gasteiger partial charge in [-0.15, -0.1) is 23.1 Å². The molecular formula is C27H27ClF3N5O4S2. The highest BCUT2D eigenvalue weighted by Gasteiger charge is 2.40. The van der Waals surface area contributed by atoms with Crippen molar-refractivity contribution >= 4 is 63.2 Å². The molecule has 1 fully saturated rings. The van der Waals surface area contributed by atoms with E-state index in [1.165, 1.54) is 16.7 Å². The Morgan fingerprint density at radius 2 is 1.93 bits per heavy atom. The molecule has 2 aliphatic heterocycles. The molecule has 0 spiro atoms. The molecule has 9 nitrogen and oxygen atoms in total. The summed E-state index contributed by atoms with van der Waals surface area (Å²) in [7, 11) is 0. The van der Waals surface area contributed by atoms with E-state index in [1.54, 1.807) is 15.2 Å². The summed E-state index contributed by atoms with van der Waals surface area (Å²) in [6.45, 7) is 7.24. The van der Waals surface area contributed by atoms with Crippen LogP contribution in [0.15, 0.2) is 39.9 Å². The molecule has 0 radical (unpaired) electrons. The summed E-state index contributed by atoms with van der Waals surface area (Å²) in [6.07, 6.45) is -4.23. The van der Waals surface area contributed by atoms with E-state index in [1.807, 2.05) is 13.8 Å². The van der Waals surface area contributed by atoms with Gasteiger partial charge in [-0.2, -0.15) is 18.2 Å². The van der Waals surface area contributed by atoms with Crippen LogP contribution in [0, 0.1) is 0 Å². The van der Waals surface area contributed by atoms with E-state index in [-0.39, 0.29) is 70.6 Å². The smallest absolute Gasteiger partial charge is 0.368 e. The minimum absolute atomic E-state index is 0.0414. The van der Waals surface area contributed by atoms with E-state index >= 15 is 0 Å². The summed E-state index contributed by atoms with van der Waals surface area (Å²) in [5.41, 5.74) is 3.90. The first-order valence-corrected chi connectivity index (χ1v) is 15.2. The molecule has 0 aliphatic carbocycles. The first-order chi connectivity index (χ1) is 19.8. The Kier molecular flexibility index (Phi) is 8.36. The van der Waals surface area contributed by atoms with Gasteiger partial charge < -0.3 is 20.3 Å². The maximum Gasteiger partial charge on any atom is 0.417 e. The van der Waals surface area contributed by atoms with Crippen LogP contribution in [-0.4, -0.2) is 69.9 Å². The van der Waals surface area contributed by atoms with E-state index in [0.29, 0.717) is 9.90 Å². The van der Waals surface area contributed by atoms with Crippen molar-refractivity contribution in [3.05, 3.63) is 51.2 Å². The van der Waals surface area contributed by atoms with Crippen molar-refractivity contribution in [2.75, 3.05) is 30.3 Å². The molecule has 42 heavy (non-hydrogen) atoms. The number of carbonyl (C=O) groups is 2. The number of primary amides is 1. The zero-order chi connectivity index (χ0) is 30.5. The molecule has 2 aliphatic rings. The van der Waals surface area contributed by atoms with Crippen LogP contribution < -0.4 is 16.3 Å². The normalized spacial score (nSPS) is 21.0. The average molecular weight is 642 g/mol. The number of aromatic nitrogens is 2. The van der Waals surface area contributed by atoms with Crippen LogP contribution in [0.25, 0.3) is 21.3 Å². The van der Waals surface area contributed by atoms with Crippen molar-refractivity contribution in [1.82, 2.24) is 14.5 Å². The van der Waals surface area contributed by atoms with Gasteiger partial charge in [0, 0.05) is 57.0 Å². The lowest BCUT2D eigenvalue weighted by Gasteiger charge is -2.44. The Balaban J connectivity index is 1.77. The number of anilines is 1. The number of rotatable bonds is 6. The topological polar surface area (TPSA) is 111 Å². The number of hydrogen-bond donors (Lipinski definition) is 1. The first kappa shape index (κ1) is 30.4. The Morgan fingerprint density at radius 3 is 2.50 bits per heavy atom. The van der Waals surface area contributed by atoms with Crippen molar-refractivity contribution in [3.8, 4) is 10.4 Å². The SMILES string of the molecule is C=CC(=O)N1[C@H](C)CN(c2nc(=O)n3c4c(c(-c5cc(Cl)cs5)c(C(F)(F)F)cc24)SCC(OCC(N)=O)C3)C[C@@H]1C. The lowest BCUT2D eigenvalue weighted by atomic mass is 10.0. The first-order valence-electron chi connectivity index (χ1n) is 13.0. The predicted octanol–water partition coefficient (Wildman–Crippen LogP) is 4.39. The minimum Gasteiger partial charge on any atom is -0.368 e. The number of thiophene rings is 1. The number of nitrogens with two attached hydrogens (primary N) is 1. The largest absolute Gasteiger partial charge is 0.417 e. The molecule has 0 saturated carbocycles. The lowest BCUT2D eigenvalue weighted by Crippen LogP contribution is -2.58. The number of halogens is 4. The monoisotopic (exact) mass is 641 g/mol. The quantitative estimate of drug-likeness (QED) is 0.398. The number of alkyl halides is 3. The predicted molar refractivity (Wildman–Crippen MR) is 157 cm³/mol. The molecule has 3 atom stereocenters. The average Bonchev–Trinajstić information content (AvgIpc) is 3.24. The molecule has 1 aromatic carbocycles. The van der Waals surface area contributed by atoms with Crippen LogP contribution in [0.2, 0.25) is 5.02 Å². The maximum atomic E-state index is 14.8. The second-order valence-corrected chi connectivity index (χ2v) is 12.6. The third kappa shape index (κ3) is 5.64. The van der Waals surface area contributed by atoms with E-state index in [9.17, 15) is 27.6 Å². The highest BCUT2D eigenvalue weighted by atomic mass is 35.5. The number of benzene rings is 1. The molecule has 1 saturated heterocycles. The van der Waals surface area contributed by atoms with Crippen LogP contribution in [0.4, 0.5) is 19.0 Å². The second kappa shape index (κ2) is 11.5. The van der Waals surface area contributed by atoms with Gasteiger partial charge in [0.25, 0.3) is 0 Å². The number of hydrogen-bond acceptors (Lipinski definition) is 8. The molecule has 4 heterocycles. The zero-order valence-corrected chi connectivity index (χ0v) is 25.0. The van der Waals surface area contributed by atoms with Crippen molar-refractivity contribution in [2.45, 2.75) is 49.7 Å². The molecule has 1 unspecified atom stereocenters. The second-order valence-electron chi connectivity index (χ2n) is 10.2. The van der Waals surface area contributed by atoms with Gasteiger partial charge in [-0.1, -0.05) is 18.2 Å². The summed E-state index contributed by atoms with van der Waals surface area (Å²) in [5, 5.41) is 1.99. The summed E-state index contributed by atoms with van der Waals surface area (Å²) >= 11 is 8.32. The van der Waals surface area contributed by atoms with Gasteiger partial charge in [0.05, 0.1) is 28.8 Å². The Hall–Kier alpha value is -3.07. The summed E-state index contributed by atoms with van der Waals surface area (Å²) in [6, 6.07) is 1.85. The fraction of sp³-hybridized carbons (Fsp3) is 0.407. The Bertz CT molecular complexity index is 1630. The molecule has 2 N–H and O–H groups in total. The number of piperazine rings is 1. The minimum atomic E-state index is -4.75. The number of nitrogens with zero attached hydrogens (tertiary/aromatic N) is 4. The van der Waals surface area contributed by atoms with Crippen LogP contribution in [-0.2, 0) is 27.0 Å². The van der Waals surface area contributed by atoms with Crippen LogP contribution in [0.1, 0.15) is 19.4 Å². The van der Waals surface area contributed by atoms with Gasteiger partial charge in [-0.25, -0.2) is 4.79 Å².